The topological polar surface area (TPSA) is 143 Å². The van der Waals surface area contributed by atoms with Crippen molar-refractivity contribution in [2.75, 3.05) is 39.4 Å². The van der Waals surface area contributed by atoms with Crippen LogP contribution in [0.1, 0.15) is 145 Å². The summed E-state index contributed by atoms with van der Waals surface area (Å²) in [5.74, 6) is 0.664. The lowest BCUT2D eigenvalue weighted by Crippen LogP contribution is -2.66. The van der Waals surface area contributed by atoms with Gasteiger partial charge in [0.2, 0.25) is 23.6 Å². The highest BCUT2D eigenvalue weighted by atomic mass is 16.5. The SMILES string of the molecule is CC.CC(C)C(=O)NC(C(=O)N1CC2(CCC2)C1)C(C)OCC1CCCCC1.CC(C)C(=O)NC(C(=O)N1CCC1CN)C(C)OCC1CCCCC1. The zero-order valence-electron chi connectivity index (χ0n) is 34.8. The van der Waals surface area contributed by atoms with Gasteiger partial charge in [0.15, 0.2) is 0 Å². The Morgan fingerprint density at radius 2 is 1.09 bits per heavy atom. The van der Waals surface area contributed by atoms with Gasteiger partial charge in [-0.3, -0.25) is 19.2 Å². The van der Waals surface area contributed by atoms with Crippen molar-refractivity contribution in [3.63, 3.8) is 0 Å². The summed E-state index contributed by atoms with van der Waals surface area (Å²) in [4.78, 5) is 54.1. The van der Waals surface area contributed by atoms with Crippen LogP contribution in [-0.2, 0) is 28.7 Å². The van der Waals surface area contributed by atoms with Crippen molar-refractivity contribution in [1.82, 2.24) is 20.4 Å². The van der Waals surface area contributed by atoms with Crippen molar-refractivity contribution >= 4 is 23.6 Å². The molecule has 2 saturated heterocycles. The first-order valence-corrected chi connectivity index (χ1v) is 21.5. The Morgan fingerprint density at radius 3 is 1.43 bits per heavy atom. The Balaban J connectivity index is 0.000000273. The van der Waals surface area contributed by atoms with Crippen LogP contribution in [0.15, 0.2) is 0 Å². The van der Waals surface area contributed by atoms with E-state index >= 15 is 0 Å². The number of rotatable bonds is 15. The summed E-state index contributed by atoms with van der Waals surface area (Å²) in [6.45, 7) is 19.5. The first-order valence-electron chi connectivity index (χ1n) is 21.5. The third-order valence-electron chi connectivity index (χ3n) is 12.2. The van der Waals surface area contributed by atoms with Gasteiger partial charge in [0, 0.05) is 62.7 Å². The lowest BCUT2D eigenvalue weighted by Gasteiger charge is -2.56. The van der Waals surface area contributed by atoms with Gasteiger partial charge in [0.05, 0.1) is 12.2 Å². The second-order valence-corrected chi connectivity index (χ2v) is 17.1. The smallest absolute Gasteiger partial charge is 0.248 e. The second-order valence-electron chi connectivity index (χ2n) is 17.1. The maximum absolute atomic E-state index is 13.0. The molecule has 5 atom stereocenters. The fourth-order valence-electron chi connectivity index (χ4n) is 8.14. The number of nitrogens with two attached hydrogens (primary N) is 1. The zero-order valence-corrected chi connectivity index (χ0v) is 34.8. The molecule has 0 radical (unpaired) electrons. The van der Waals surface area contributed by atoms with E-state index in [1.54, 1.807) is 4.90 Å². The normalized spacial score (nSPS) is 23.5. The van der Waals surface area contributed by atoms with Gasteiger partial charge < -0.3 is 35.6 Å². The van der Waals surface area contributed by atoms with Crippen LogP contribution in [0.2, 0.25) is 0 Å². The first-order chi connectivity index (χ1) is 25.3. The van der Waals surface area contributed by atoms with Crippen LogP contribution >= 0.6 is 0 Å². The molecular weight excluding hydrogens is 670 g/mol. The van der Waals surface area contributed by atoms with Crippen molar-refractivity contribution in [3.05, 3.63) is 0 Å². The first kappa shape index (κ1) is 45.2. The van der Waals surface area contributed by atoms with E-state index in [2.05, 4.69) is 10.6 Å². The van der Waals surface area contributed by atoms with E-state index in [9.17, 15) is 19.2 Å². The van der Waals surface area contributed by atoms with Crippen molar-refractivity contribution in [1.29, 1.82) is 0 Å². The lowest BCUT2D eigenvalue weighted by molar-refractivity contribution is -0.157. The van der Waals surface area contributed by atoms with E-state index in [-0.39, 0.29) is 53.7 Å². The van der Waals surface area contributed by atoms with E-state index < -0.39 is 12.1 Å². The Bertz CT molecular complexity index is 1120. The third kappa shape index (κ3) is 13.2. The number of carbonyl (C=O) groups excluding carboxylic acids is 4. The molecule has 0 aromatic heterocycles. The van der Waals surface area contributed by atoms with Gasteiger partial charge in [-0.15, -0.1) is 0 Å². The molecule has 2 aliphatic heterocycles. The second kappa shape index (κ2) is 22.3. The molecule has 5 rings (SSSR count). The summed E-state index contributed by atoms with van der Waals surface area (Å²) in [7, 11) is 0. The van der Waals surface area contributed by atoms with Crippen molar-refractivity contribution < 1.29 is 28.7 Å². The zero-order chi connectivity index (χ0) is 39.1. The highest BCUT2D eigenvalue weighted by molar-refractivity contribution is 5.90. The van der Waals surface area contributed by atoms with Crippen molar-refractivity contribution in [2.24, 2.45) is 34.8 Å². The highest BCUT2D eigenvalue weighted by Crippen LogP contribution is 2.48. The quantitative estimate of drug-likeness (QED) is 0.192. The molecule has 5 fully saturated rings. The van der Waals surface area contributed by atoms with Crippen LogP contribution < -0.4 is 16.4 Å². The van der Waals surface area contributed by atoms with Crippen LogP contribution in [0.3, 0.4) is 0 Å². The van der Waals surface area contributed by atoms with Gasteiger partial charge in [-0.05, 0) is 70.6 Å². The number of hydrogen-bond acceptors (Lipinski definition) is 7. The fraction of sp³-hybridized carbons (Fsp3) is 0.905. The minimum absolute atomic E-state index is 0.0349. The molecule has 5 aliphatic rings. The number of carbonyl (C=O) groups is 4. The Labute approximate surface area is 322 Å². The third-order valence-corrected chi connectivity index (χ3v) is 12.2. The summed E-state index contributed by atoms with van der Waals surface area (Å²) < 4.78 is 12.1. The van der Waals surface area contributed by atoms with E-state index in [0.717, 1.165) is 19.5 Å². The molecule has 4 amide bonds. The molecule has 3 aliphatic carbocycles. The summed E-state index contributed by atoms with van der Waals surface area (Å²) in [5, 5.41) is 5.86. The molecule has 53 heavy (non-hydrogen) atoms. The molecule has 3 saturated carbocycles. The predicted octanol–water partition coefficient (Wildman–Crippen LogP) is 5.82. The van der Waals surface area contributed by atoms with Gasteiger partial charge in [-0.1, -0.05) is 86.5 Å². The minimum Gasteiger partial charge on any atom is -0.376 e. The number of amides is 4. The van der Waals surface area contributed by atoms with E-state index in [0.29, 0.717) is 43.6 Å². The Hall–Kier alpha value is -2.24. The molecular formula is C42H77N5O6. The van der Waals surface area contributed by atoms with E-state index in [4.69, 9.17) is 15.2 Å². The Morgan fingerprint density at radius 1 is 0.660 bits per heavy atom. The monoisotopic (exact) mass is 748 g/mol. The molecule has 1 spiro atoms. The summed E-state index contributed by atoms with van der Waals surface area (Å²) in [5.41, 5.74) is 6.13. The van der Waals surface area contributed by atoms with Gasteiger partial charge >= 0.3 is 0 Å². The average molecular weight is 748 g/mol. The van der Waals surface area contributed by atoms with Crippen LogP contribution in [0.25, 0.3) is 0 Å². The van der Waals surface area contributed by atoms with Gasteiger partial charge in [-0.25, -0.2) is 0 Å². The van der Waals surface area contributed by atoms with Gasteiger partial charge in [-0.2, -0.15) is 0 Å². The van der Waals surface area contributed by atoms with E-state index in [1.807, 2.05) is 60.3 Å². The van der Waals surface area contributed by atoms with E-state index in [1.165, 1.54) is 83.5 Å². The van der Waals surface area contributed by atoms with Crippen LogP contribution in [0.5, 0.6) is 0 Å². The highest BCUT2D eigenvalue weighted by Gasteiger charge is 2.50. The molecule has 4 N–H and O–H groups in total. The van der Waals surface area contributed by atoms with Crippen molar-refractivity contribution in [3.8, 4) is 0 Å². The molecule has 0 bridgehead atoms. The average Bonchev–Trinajstić information content (AvgIpc) is 3.10. The van der Waals surface area contributed by atoms with Crippen LogP contribution in [0.4, 0.5) is 0 Å². The number of nitrogens with one attached hydrogen (secondary N) is 2. The molecule has 306 valence electrons. The largest absolute Gasteiger partial charge is 0.376 e. The number of nitrogens with zero attached hydrogens (tertiary/aromatic N) is 2. The van der Waals surface area contributed by atoms with Crippen LogP contribution in [0, 0.1) is 29.1 Å². The van der Waals surface area contributed by atoms with Gasteiger partial charge in [0.25, 0.3) is 0 Å². The lowest BCUT2D eigenvalue weighted by atomic mass is 9.63. The summed E-state index contributed by atoms with van der Waals surface area (Å²) in [6, 6.07) is -1.10. The predicted molar refractivity (Wildman–Crippen MR) is 211 cm³/mol. The molecule has 0 aromatic rings. The summed E-state index contributed by atoms with van der Waals surface area (Å²) >= 11 is 0. The summed E-state index contributed by atoms with van der Waals surface area (Å²) in [6.07, 6.45) is 16.7. The number of hydrogen-bond donors (Lipinski definition) is 3. The van der Waals surface area contributed by atoms with Gasteiger partial charge in [0.1, 0.15) is 12.1 Å². The number of likely N-dealkylation sites (tertiary alicyclic amines) is 2. The molecule has 2 heterocycles. The number of ether oxygens (including phenoxy) is 2. The molecule has 11 nitrogen and oxygen atoms in total. The Kier molecular flexibility index (Phi) is 19.0. The standard InChI is InChI=1S/C21H36N2O3.C19H35N3O3.C2H6/c1-15(2)19(24)22-18(16(3)26-12-17-8-5-4-6-9-17)20(25)23-13-21(14-23)10-7-11-21;1-13(2)18(23)21-17(19(24)22-10-9-16(22)11-20)14(3)25-12-15-7-5-4-6-8-15;1-2/h15-18H,4-14H2,1-3H3,(H,22,24);13-17H,4-12,20H2,1-3H3,(H,21,23);1-2H3. The van der Waals surface area contributed by atoms with Crippen LogP contribution in [-0.4, -0.2) is 103 Å². The molecule has 0 aromatic carbocycles. The van der Waals surface area contributed by atoms with Crippen molar-refractivity contribution in [2.45, 2.75) is 176 Å². The molecule has 5 unspecified atom stereocenters. The fourth-order valence-corrected chi connectivity index (χ4v) is 8.14. The maximum Gasteiger partial charge on any atom is 0.248 e. The minimum atomic E-state index is -0.632. The molecule has 11 heteroatoms. The maximum atomic E-state index is 13.0.